The Bertz CT molecular complexity index is 468. The van der Waals surface area contributed by atoms with Gasteiger partial charge in [-0.2, -0.15) is 5.10 Å². The van der Waals surface area contributed by atoms with Crippen LogP contribution in [0.15, 0.2) is 0 Å². The zero-order valence-electron chi connectivity index (χ0n) is 12.3. The first-order valence-electron chi connectivity index (χ1n) is 6.83. The van der Waals surface area contributed by atoms with Crippen LogP contribution in [0.5, 0.6) is 0 Å². The summed E-state index contributed by atoms with van der Waals surface area (Å²) in [4.78, 5) is 14.3. The van der Waals surface area contributed by atoms with Crippen LogP contribution in [0.2, 0.25) is 0 Å². The number of nitrogens with zero attached hydrogens (tertiary/aromatic N) is 3. The summed E-state index contributed by atoms with van der Waals surface area (Å²) in [6, 6.07) is 0.232. The van der Waals surface area contributed by atoms with Gasteiger partial charge in [-0.1, -0.05) is 0 Å². The van der Waals surface area contributed by atoms with Crippen molar-refractivity contribution in [3.63, 3.8) is 0 Å². The largest absolute Gasteiger partial charge is 0.383 e. The molecular weight excluding hydrogens is 242 g/mol. The maximum absolute atomic E-state index is 12.4. The van der Waals surface area contributed by atoms with E-state index in [-0.39, 0.29) is 11.9 Å². The molecule has 1 fully saturated rings. The monoisotopic (exact) mass is 265 g/mol. The number of methoxy groups -OCH3 is 1. The summed E-state index contributed by atoms with van der Waals surface area (Å²) in [5.74, 6) is 0.144. The lowest BCUT2D eigenvalue weighted by Crippen LogP contribution is -2.40. The van der Waals surface area contributed by atoms with Gasteiger partial charge in [0.1, 0.15) is 6.54 Å². The van der Waals surface area contributed by atoms with E-state index in [4.69, 9.17) is 4.74 Å². The SMILES string of the molecule is COC[C@H]1CCCN1C(=O)Cn1nc(C)c(C)c1C. The van der Waals surface area contributed by atoms with Gasteiger partial charge in [0.2, 0.25) is 5.91 Å². The van der Waals surface area contributed by atoms with Crippen molar-refractivity contribution in [2.45, 2.75) is 46.2 Å². The summed E-state index contributed by atoms with van der Waals surface area (Å²) >= 11 is 0. The summed E-state index contributed by atoms with van der Waals surface area (Å²) < 4.78 is 7.00. The lowest BCUT2D eigenvalue weighted by molar-refractivity contribution is -0.133. The van der Waals surface area contributed by atoms with E-state index >= 15 is 0 Å². The molecule has 1 atom stereocenters. The van der Waals surface area contributed by atoms with Crippen molar-refractivity contribution >= 4 is 5.91 Å². The molecule has 0 aromatic carbocycles. The molecule has 0 N–H and O–H groups in total. The van der Waals surface area contributed by atoms with Gasteiger partial charge < -0.3 is 9.64 Å². The average Bonchev–Trinajstić information content (AvgIpc) is 2.92. The highest BCUT2D eigenvalue weighted by atomic mass is 16.5. The first-order valence-corrected chi connectivity index (χ1v) is 6.83. The van der Waals surface area contributed by atoms with Gasteiger partial charge in [-0.05, 0) is 39.2 Å². The Labute approximate surface area is 114 Å². The van der Waals surface area contributed by atoms with Crippen molar-refractivity contribution in [2.24, 2.45) is 0 Å². The number of carbonyl (C=O) groups is 1. The highest BCUT2D eigenvalue weighted by Gasteiger charge is 2.29. The zero-order valence-corrected chi connectivity index (χ0v) is 12.3. The molecule has 1 amide bonds. The molecule has 1 aromatic heterocycles. The predicted octanol–water partition coefficient (Wildman–Crippen LogP) is 1.45. The first kappa shape index (κ1) is 14.1. The van der Waals surface area contributed by atoms with E-state index in [0.717, 1.165) is 30.8 Å². The van der Waals surface area contributed by atoms with Gasteiger partial charge in [0, 0.05) is 19.3 Å². The van der Waals surface area contributed by atoms with Crippen LogP contribution in [0.25, 0.3) is 0 Å². The zero-order chi connectivity index (χ0) is 14.0. The quantitative estimate of drug-likeness (QED) is 0.827. The molecule has 0 radical (unpaired) electrons. The number of aromatic nitrogens is 2. The molecule has 1 aromatic rings. The predicted molar refractivity (Wildman–Crippen MR) is 73.0 cm³/mol. The number of amides is 1. The molecule has 0 aliphatic carbocycles. The summed E-state index contributed by atoms with van der Waals surface area (Å²) in [5, 5.41) is 4.43. The summed E-state index contributed by atoms with van der Waals surface area (Å²) in [5.41, 5.74) is 3.25. The van der Waals surface area contributed by atoms with Crippen LogP contribution < -0.4 is 0 Å². The van der Waals surface area contributed by atoms with Crippen molar-refractivity contribution in [2.75, 3.05) is 20.3 Å². The molecule has 19 heavy (non-hydrogen) atoms. The third kappa shape index (κ3) is 2.81. The highest BCUT2D eigenvalue weighted by Crippen LogP contribution is 2.19. The van der Waals surface area contributed by atoms with E-state index in [9.17, 15) is 4.79 Å². The molecule has 5 nitrogen and oxygen atoms in total. The molecule has 2 rings (SSSR count). The number of ether oxygens (including phenoxy) is 1. The van der Waals surface area contributed by atoms with Crippen LogP contribution in [0, 0.1) is 20.8 Å². The fraction of sp³-hybridized carbons (Fsp3) is 0.714. The molecule has 106 valence electrons. The first-order chi connectivity index (χ1) is 9.04. The standard InChI is InChI=1S/C14H23N3O2/c1-10-11(2)15-17(12(10)3)8-14(18)16-7-5-6-13(16)9-19-4/h13H,5-9H2,1-4H3/t13-/m1/s1. The van der Waals surface area contributed by atoms with Crippen molar-refractivity contribution in [1.82, 2.24) is 14.7 Å². The maximum Gasteiger partial charge on any atom is 0.244 e. The molecule has 2 heterocycles. The number of hydrogen-bond acceptors (Lipinski definition) is 3. The number of carbonyl (C=O) groups excluding carboxylic acids is 1. The minimum Gasteiger partial charge on any atom is -0.383 e. The second-order valence-corrected chi connectivity index (χ2v) is 5.29. The van der Waals surface area contributed by atoms with E-state index in [0.29, 0.717) is 13.2 Å². The van der Waals surface area contributed by atoms with Gasteiger partial charge in [0.15, 0.2) is 0 Å². The van der Waals surface area contributed by atoms with Crippen LogP contribution in [0.1, 0.15) is 29.8 Å². The molecule has 0 spiro atoms. The maximum atomic E-state index is 12.4. The second kappa shape index (κ2) is 5.74. The number of hydrogen-bond donors (Lipinski definition) is 0. The fourth-order valence-electron chi connectivity index (χ4n) is 2.69. The molecule has 5 heteroatoms. The Kier molecular flexibility index (Phi) is 4.24. The van der Waals surface area contributed by atoms with E-state index < -0.39 is 0 Å². The minimum atomic E-state index is 0.144. The van der Waals surface area contributed by atoms with Gasteiger partial charge in [-0.25, -0.2) is 0 Å². The van der Waals surface area contributed by atoms with Gasteiger partial charge >= 0.3 is 0 Å². The van der Waals surface area contributed by atoms with Crippen molar-refractivity contribution in [1.29, 1.82) is 0 Å². The number of likely N-dealkylation sites (tertiary alicyclic amines) is 1. The summed E-state index contributed by atoms with van der Waals surface area (Å²) in [6.07, 6.45) is 2.10. The topological polar surface area (TPSA) is 47.4 Å². The average molecular weight is 265 g/mol. The molecule has 0 bridgehead atoms. The van der Waals surface area contributed by atoms with Crippen molar-refractivity contribution < 1.29 is 9.53 Å². The van der Waals surface area contributed by atoms with Gasteiger partial charge in [-0.15, -0.1) is 0 Å². The van der Waals surface area contributed by atoms with Gasteiger partial charge in [0.05, 0.1) is 18.3 Å². The molecular formula is C14H23N3O2. The minimum absolute atomic E-state index is 0.144. The van der Waals surface area contributed by atoms with Gasteiger partial charge in [-0.3, -0.25) is 9.48 Å². The lowest BCUT2D eigenvalue weighted by Gasteiger charge is -2.24. The van der Waals surface area contributed by atoms with Crippen LogP contribution in [-0.4, -0.2) is 46.9 Å². The van der Waals surface area contributed by atoms with Crippen molar-refractivity contribution in [3.05, 3.63) is 17.0 Å². The van der Waals surface area contributed by atoms with Crippen LogP contribution in [0.4, 0.5) is 0 Å². The highest BCUT2D eigenvalue weighted by molar-refractivity contribution is 5.76. The third-order valence-corrected chi connectivity index (χ3v) is 4.08. The molecule has 0 saturated carbocycles. The Morgan fingerprint density at radius 3 is 2.74 bits per heavy atom. The molecule has 1 aliphatic heterocycles. The second-order valence-electron chi connectivity index (χ2n) is 5.29. The Morgan fingerprint density at radius 2 is 2.16 bits per heavy atom. The fourth-order valence-corrected chi connectivity index (χ4v) is 2.69. The van der Waals surface area contributed by atoms with Crippen LogP contribution in [-0.2, 0) is 16.1 Å². The summed E-state index contributed by atoms with van der Waals surface area (Å²) in [7, 11) is 1.69. The van der Waals surface area contributed by atoms with E-state index in [1.165, 1.54) is 5.56 Å². The Balaban J connectivity index is 2.06. The smallest absolute Gasteiger partial charge is 0.244 e. The van der Waals surface area contributed by atoms with E-state index in [1.54, 1.807) is 7.11 Å². The number of rotatable bonds is 4. The molecule has 1 saturated heterocycles. The van der Waals surface area contributed by atoms with Crippen LogP contribution in [0.3, 0.4) is 0 Å². The van der Waals surface area contributed by atoms with E-state index in [1.807, 2.05) is 30.4 Å². The lowest BCUT2D eigenvalue weighted by atomic mass is 10.2. The Hall–Kier alpha value is -1.36. The molecule has 1 aliphatic rings. The normalized spacial score (nSPS) is 19.2. The van der Waals surface area contributed by atoms with Gasteiger partial charge in [0.25, 0.3) is 0 Å². The third-order valence-electron chi connectivity index (χ3n) is 4.08. The number of aryl methyl sites for hydroxylation is 1. The summed E-state index contributed by atoms with van der Waals surface area (Å²) in [6.45, 7) is 7.84. The van der Waals surface area contributed by atoms with Crippen LogP contribution >= 0.6 is 0 Å². The molecule has 0 unspecified atom stereocenters. The van der Waals surface area contributed by atoms with E-state index in [2.05, 4.69) is 5.10 Å². The Morgan fingerprint density at radius 1 is 1.42 bits per heavy atom. The van der Waals surface area contributed by atoms with Crippen molar-refractivity contribution in [3.8, 4) is 0 Å².